The van der Waals surface area contributed by atoms with E-state index in [9.17, 15) is 13.2 Å². The summed E-state index contributed by atoms with van der Waals surface area (Å²) in [5.41, 5.74) is 2.31. The van der Waals surface area contributed by atoms with Gasteiger partial charge in [-0.3, -0.25) is 9.10 Å². The second-order valence-corrected chi connectivity index (χ2v) is 8.94. The van der Waals surface area contributed by atoms with Gasteiger partial charge in [0, 0.05) is 0 Å². The van der Waals surface area contributed by atoms with Crippen molar-refractivity contribution in [3.05, 3.63) is 53.6 Å². The minimum Gasteiger partial charge on any atom is -0.495 e. The van der Waals surface area contributed by atoms with Gasteiger partial charge in [0.15, 0.2) is 0 Å². The van der Waals surface area contributed by atoms with Gasteiger partial charge in [-0.1, -0.05) is 23.8 Å². The first-order chi connectivity index (χ1) is 13.6. The van der Waals surface area contributed by atoms with Crippen LogP contribution >= 0.6 is 0 Å². The number of sulfonamides is 1. The number of nitrogens with zero attached hydrogens (tertiary/aromatic N) is 1. The first kappa shape index (κ1) is 22.5. The molecule has 0 heterocycles. The van der Waals surface area contributed by atoms with Crippen LogP contribution in [0.1, 0.15) is 18.1 Å². The van der Waals surface area contributed by atoms with Crippen LogP contribution in [0.4, 0.5) is 5.69 Å². The van der Waals surface area contributed by atoms with E-state index in [0.29, 0.717) is 17.2 Å². The number of hydrogen-bond donors (Lipinski definition) is 1. The van der Waals surface area contributed by atoms with E-state index >= 15 is 0 Å². The third kappa shape index (κ3) is 6.67. The van der Waals surface area contributed by atoms with Crippen LogP contribution in [0, 0.1) is 13.8 Å². The lowest BCUT2D eigenvalue weighted by molar-refractivity contribution is -0.120. The quantitative estimate of drug-likeness (QED) is 0.674. The molecule has 7 nitrogen and oxygen atoms in total. The van der Waals surface area contributed by atoms with Gasteiger partial charge in [-0.2, -0.15) is 0 Å². The number of carbonyl (C=O) groups is 1. The Kier molecular flexibility index (Phi) is 7.50. The maximum Gasteiger partial charge on any atom is 0.241 e. The summed E-state index contributed by atoms with van der Waals surface area (Å²) in [6.07, 6.45) is 1.06. The summed E-state index contributed by atoms with van der Waals surface area (Å²) in [6.45, 7) is 5.54. The van der Waals surface area contributed by atoms with Crippen molar-refractivity contribution in [1.82, 2.24) is 5.32 Å². The predicted molar refractivity (Wildman–Crippen MR) is 114 cm³/mol. The number of amides is 1. The van der Waals surface area contributed by atoms with Gasteiger partial charge in [0.05, 0.1) is 25.1 Å². The molecule has 1 atom stereocenters. The van der Waals surface area contributed by atoms with Gasteiger partial charge in [0.2, 0.25) is 15.9 Å². The Morgan fingerprint density at radius 1 is 1.10 bits per heavy atom. The van der Waals surface area contributed by atoms with Gasteiger partial charge in [0.1, 0.15) is 24.7 Å². The zero-order chi connectivity index (χ0) is 21.6. The SMILES string of the molecule is COc1ccc(C)cc1N(CC(=O)NC(C)COc1ccc(C)cc1)S(C)(=O)=O. The summed E-state index contributed by atoms with van der Waals surface area (Å²) in [5.74, 6) is 0.655. The highest BCUT2D eigenvalue weighted by atomic mass is 32.2. The van der Waals surface area contributed by atoms with Gasteiger partial charge in [0.25, 0.3) is 0 Å². The van der Waals surface area contributed by atoms with Crippen LogP contribution in [-0.2, 0) is 14.8 Å². The Morgan fingerprint density at radius 2 is 1.72 bits per heavy atom. The molecule has 2 aromatic rings. The number of hydrogen-bond acceptors (Lipinski definition) is 5. The summed E-state index contributed by atoms with van der Waals surface area (Å²) in [7, 11) is -2.24. The monoisotopic (exact) mass is 420 g/mol. The Balaban J connectivity index is 2.05. The topological polar surface area (TPSA) is 84.9 Å². The molecule has 0 aliphatic carbocycles. The van der Waals surface area contributed by atoms with Gasteiger partial charge in [-0.15, -0.1) is 0 Å². The molecular weight excluding hydrogens is 392 g/mol. The number of carbonyl (C=O) groups excluding carboxylic acids is 1. The van der Waals surface area contributed by atoms with Crippen LogP contribution in [0.2, 0.25) is 0 Å². The first-order valence-corrected chi connectivity index (χ1v) is 11.1. The van der Waals surface area contributed by atoms with E-state index in [0.717, 1.165) is 21.7 Å². The average Bonchev–Trinajstić information content (AvgIpc) is 2.64. The van der Waals surface area contributed by atoms with E-state index in [1.54, 1.807) is 19.1 Å². The molecule has 0 saturated heterocycles. The van der Waals surface area contributed by atoms with Crippen molar-refractivity contribution in [3.63, 3.8) is 0 Å². The third-order valence-electron chi connectivity index (χ3n) is 4.22. The highest BCUT2D eigenvalue weighted by Gasteiger charge is 2.24. The normalized spacial score (nSPS) is 12.2. The van der Waals surface area contributed by atoms with Gasteiger partial charge < -0.3 is 14.8 Å². The van der Waals surface area contributed by atoms with Gasteiger partial charge in [-0.25, -0.2) is 8.42 Å². The Morgan fingerprint density at radius 3 is 2.31 bits per heavy atom. The Bertz CT molecular complexity index is 942. The Hall–Kier alpha value is -2.74. The number of ether oxygens (including phenoxy) is 2. The second kappa shape index (κ2) is 9.65. The summed E-state index contributed by atoms with van der Waals surface area (Å²) in [6, 6.07) is 12.5. The zero-order valence-electron chi connectivity index (χ0n) is 17.4. The molecule has 0 aromatic heterocycles. The molecule has 2 rings (SSSR count). The zero-order valence-corrected chi connectivity index (χ0v) is 18.2. The number of benzene rings is 2. The molecule has 0 saturated carbocycles. The molecule has 29 heavy (non-hydrogen) atoms. The van der Waals surface area contributed by atoms with Crippen molar-refractivity contribution < 1.29 is 22.7 Å². The molecule has 0 aliphatic heterocycles. The van der Waals surface area contributed by atoms with Crippen molar-refractivity contribution in [2.45, 2.75) is 26.8 Å². The predicted octanol–water partition coefficient (Wildman–Crippen LogP) is 2.66. The van der Waals surface area contributed by atoms with E-state index in [1.165, 1.54) is 7.11 Å². The van der Waals surface area contributed by atoms with E-state index in [-0.39, 0.29) is 19.2 Å². The summed E-state index contributed by atoms with van der Waals surface area (Å²) >= 11 is 0. The molecule has 0 aliphatic rings. The molecule has 1 amide bonds. The molecule has 1 unspecified atom stereocenters. The fourth-order valence-corrected chi connectivity index (χ4v) is 3.58. The first-order valence-electron chi connectivity index (χ1n) is 9.21. The van der Waals surface area contributed by atoms with Crippen molar-refractivity contribution in [1.29, 1.82) is 0 Å². The van der Waals surface area contributed by atoms with Crippen molar-refractivity contribution in [3.8, 4) is 11.5 Å². The van der Waals surface area contributed by atoms with Crippen LogP contribution in [-0.4, -0.2) is 46.9 Å². The molecule has 2 aromatic carbocycles. The van der Waals surface area contributed by atoms with Crippen LogP contribution in [0.15, 0.2) is 42.5 Å². The fraction of sp³-hybridized carbons (Fsp3) is 0.381. The summed E-state index contributed by atoms with van der Waals surface area (Å²) in [5, 5.41) is 2.78. The number of methoxy groups -OCH3 is 1. The minimum absolute atomic E-state index is 0.265. The van der Waals surface area contributed by atoms with Crippen LogP contribution < -0.4 is 19.1 Å². The molecule has 0 radical (unpaired) electrons. The van der Waals surface area contributed by atoms with E-state index < -0.39 is 15.9 Å². The van der Waals surface area contributed by atoms with E-state index in [4.69, 9.17) is 9.47 Å². The van der Waals surface area contributed by atoms with Gasteiger partial charge >= 0.3 is 0 Å². The highest BCUT2D eigenvalue weighted by molar-refractivity contribution is 7.92. The molecule has 158 valence electrons. The summed E-state index contributed by atoms with van der Waals surface area (Å²) in [4.78, 5) is 12.5. The summed E-state index contributed by atoms with van der Waals surface area (Å²) < 4.78 is 36.7. The lowest BCUT2D eigenvalue weighted by Gasteiger charge is -2.25. The van der Waals surface area contributed by atoms with Crippen LogP contribution in [0.25, 0.3) is 0 Å². The smallest absolute Gasteiger partial charge is 0.241 e. The molecule has 0 spiro atoms. The highest BCUT2D eigenvalue weighted by Crippen LogP contribution is 2.30. The van der Waals surface area contributed by atoms with E-state index in [1.807, 2.05) is 44.2 Å². The molecule has 0 fully saturated rings. The fourth-order valence-electron chi connectivity index (χ4n) is 2.72. The number of anilines is 1. The second-order valence-electron chi connectivity index (χ2n) is 7.04. The molecule has 1 N–H and O–H groups in total. The van der Waals surface area contributed by atoms with Crippen molar-refractivity contribution in [2.75, 3.05) is 30.8 Å². The van der Waals surface area contributed by atoms with Crippen molar-refractivity contribution in [2.24, 2.45) is 0 Å². The lowest BCUT2D eigenvalue weighted by Crippen LogP contribution is -2.45. The van der Waals surface area contributed by atoms with Crippen molar-refractivity contribution >= 4 is 21.6 Å². The third-order valence-corrected chi connectivity index (χ3v) is 5.35. The number of nitrogens with one attached hydrogen (secondary N) is 1. The standard InChI is InChI=1S/C21H28N2O5S/c1-15-6-9-18(10-7-15)28-14-17(3)22-21(24)13-23(29(5,25)26)19-12-16(2)8-11-20(19)27-4/h6-12,17H,13-14H2,1-5H3,(H,22,24). The molecule has 8 heteroatoms. The Labute approximate surface area is 172 Å². The maximum absolute atomic E-state index is 12.5. The minimum atomic E-state index is -3.70. The lowest BCUT2D eigenvalue weighted by atomic mass is 10.2. The van der Waals surface area contributed by atoms with Crippen LogP contribution in [0.5, 0.6) is 11.5 Å². The largest absolute Gasteiger partial charge is 0.495 e. The van der Waals surface area contributed by atoms with E-state index in [2.05, 4.69) is 5.32 Å². The van der Waals surface area contributed by atoms with Gasteiger partial charge in [-0.05, 0) is 50.6 Å². The van der Waals surface area contributed by atoms with Crippen LogP contribution in [0.3, 0.4) is 0 Å². The number of aryl methyl sites for hydroxylation is 2. The number of rotatable bonds is 9. The molecular formula is C21H28N2O5S. The average molecular weight is 421 g/mol. The maximum atomic E-state index is 12.5. The molecule has 0 bridgehead atoms.